The van der Waals surface area contributed by atoms with Crippen LogP contribution in [0, 0.1) is 20.8 Å². The summed E-state index contributed by atoms with van der Waals surface area (Å²) in [7, 11) is -3.65. The standard InChI is InChI=1S/C20H25N3O4S/c1-13-11-15(3)19(12-14(13)2)28(26,27)22-10-9-21-20(25)17-5-7-18(8-6-17)23-16(4)24/h5-8,11-12,22H,9-10H2,1-4H3,(H,21,25)(H,23,24). The molecule has 0 unspecified atom stereocenters. The molecule has 28 heavy (non-hydrogen) atoms. The second-order valence-electron chi connectivity index (χ2n) is 6.61. The van der Waals surface area contributed by atoms with E-state index in [-0.39, 0.29) is 29.8 Å². The number of aryl methyl sites for hydroxylation is 3. The maximum atomic E-state index is 12.5. The van der Waals surface area contributed by atoms with Gasteiger partial charge in [0.25, 0.3) is 5.91 Å². The highest BCUT2D eigenvalue weighted by Gasteiger charge is 2.17. The Morgan fingerprint density at radius 2 is 1.50 bits per heavy atom. The Hall–Kier alpha value is -2.71. The van der Waals surface area contributed by atoms with E-state index >= 15 is 0 Å². The van der Waals surface area contributed by atoms with Crippen LogP contribution in [0.1, 0.15) is 34.0 Å². The van der Waals surface area contributed by atoms with Gasteiger partial charge in [-0.05, 0) is 67.8 Å². The van der Waals surface area contributed by atoms with Crippen LogP contribution in [0.5, 0.6) is 0 Å². The molecule has 0 aliphatic carbocycles. The minimum atomic E-state index is -3.65. The van der Waals surface area contributed by atoms with Crippen molar-refractivity contribution in [1.29, 1.82) is 0 Å². The molecule has 0 atom stereocenters. The predicted molar refractivity (Wildman–Crippen MR) is 109 cm³/mol. The van der Waals surface area contributed by atoms with Gasteiger partial charge in [0.1, 0.15) is 0 Å². The van der Waals surface area contributed by atoms with Crippen molar-refractivity contribution < 1.29 is 18.0 Å². The maximum absolute atomic E-state index is 12.5. The van der Waals surface area contributed by atoms with Crippen molar-refractivity contribution in [3.63, 3.8) is 0 Å². The molecular weight excluding hydrogens is 378 g/mol. The lowest BCUT2D eigenvalue weighted by Gasteiger charge is -2.12. The van der Waals surface area contributed by atoms with Gasteiger partial charge in [0.2, 0.25) is 15.9 Å². The molecule has 2 amide bonds. The van der Waals surface area contributed by atoms with E-state index in [9.17, 15) is 18.0 Å². The van der Waals surface area contributed by atoms with E-state index in [1.165, 1.54) is 6.92 Å². The van der Waals surface area contributed by atoms with Gasteiger partial charge in [0.15, 0.2) is 0 Å². The normalized spacial score (nSPS) is 11.1. The summed E-state index contributed by atoms with van der Waals surface area (Å²) in [5, 5.41) is 5.29. The average molecular weight is 404 g/mol. The summed E-state index contributed by atoms with van der Waals surface area (Å²) in [4.78, 5) is 23.4. The number of hydrogen-bond donors (Lipinski definition) is 3. The van der Waals surface area contributed by atoms with Gasteiger partial charge < -0.3 is 10.6 Å². The lowest BCUT2D eigenvalue weighted by atomic mass is 10.1. The minimum absolute atomic E-state index is 0.0738. The van der Waals surface area contributed by atoms with Crippen LogP contribution in [0.4, 0.5) is 5.69 Å². The number of carbonyl (C=O) groups is 2. The Morgan fingerprint density at radius 3 is 2.11 bits per heavy atom. The van der Waals surface area contributed by atoms with Crippen molar-refractivity contribution in [2.24, 2.45) is 0 Å². The molecular formula is C20H25N3O4S. The molecule has 2 rings (SSSR count). The zero-order valence-electron chi connectivity index (χ0n) is 16.4. The number of benzene rings is 2. The third-order valence-corrected chi connectivity index (χ3v) is 5.85. The summed E-state index contributed by atoms with van der Waals surface area (Å²) in [6.07, 6.45) is 0. The molecule has 0 heterocycles. The van der Waals surface area contributed by atoms with Crippen LogP contribution in [0.25, 0.3) is 0 Å². The Labute approximate surface area is 165 Å². The van der Waals surface area contributed by atoms with Gasteiger partial charge in [-0.25, -0.2) is 13.1 Å². The molecule has 150 valence electrons. The van der Waals surface area contributed by atoms with Gasteiger partial charge in [-0.1, -0.05) is 6.07 Å². The third-order valence-electron chi connectivity index (χ3n) is 4.25. The van der Waals surface area contributed by atoms with Gasteiger partial charge in [-0.15, -0.1) is 0 Å². The predicted octanol–water partition coefficient (Wildman–Crippen LogP) is 2.28. The van der Waals surface area contributed by atoms with Crippen molar-refractivity contribution >= 4 is 27.5 Å². The Balaban J connectivity index is 1.90. The fourth-order valence-electron chi connectivity index (χ4n) is 2.67. The van der Waals surface area contributed by atoms with E-state index in [1.54, 1.807) is 37.3 Å². The molecule has 0 saturated heterocycles. The smallest absolute Gasteiger partial charge is 0.251 e. The van der Waals surface area contributed by atoms with Crippen LogP contribution in [0.15, 0.2) is 41.3 Å². The van der Waals surface area contributed by atoms with Crippen molar-refractivity contribution in [1.82, 2.24) is 10.0 Å². The van der Waals surface area contributed by atoms with E-state index in [0.717, 1.165) is 11.1 Å². The highest BCUT2D eigenvalue weighted by Crippen LogP contribution is 2.19. The number of nitrogens with one attached hydrogen (secondary N) is 3. The topological polar surface area (TPSA) is 104 Å². The van der Waals surface area contributed by atoms with Gasteiger partial charge in [-0.3, -0.25) is 9.59 Å². The van der Waals surface area contributed by atoms with E-state index < -0.39 is 10.0 Å². The zero-order chi connectivity index (χ0) is 20.9. The Kier molecular flexibility index (Phi) is 6.93. The fourth-order valence-corrected chi connectivity index (χ4v) is 4.01. The first kappa shape index (κ1) is 21.6. The first-order chi connectivity index (χ1) is 13.1. The number of amides is 2. The summed E-state index contributed by atoms with van der Waals surface area (Å²) in [6, 6.07) is 9.92. The number of hydrogen-bond acceptors (Lipinski definition) is 4. The zero-order valence-corrected chi connectivity index (χ0v) is 17.2. The average Bonchev–Trinajstić information content (AvgIpc) is 2.61. The highest BCUT2D eigenvalue weighted by molar-refractivity contribution is 7.89. The largest absolute Gasteiger partial charge is 0.351 e. The summed E-state index contributed by atoms with van der Waals surface area (Å²) >= 11 is 0. The lowest BCUT2D eigenvalue weighted by Crippen LogP contribution is -2.35. The van der Waals surface area contributed by atoms with Crippen molar-refractivity contribution in [2.75, 3.05) is 18.4 Å². The Morgan fingerprint density at radius 1 is 0.893 bits per heavy atom. The van der Waals surface area contributed by atoms with Gasteiger partial charge in [0, 0.05) is 31.3 Å². The minimum Gasteiger partial charge on any atom is -0.351 e. The monoisotopic (exact) mass is 403 g/mol. The van der Waals surface area contributed by atoms with E-state index in [4.69, 9.17) is 0 Å². The molecule has 0 spiro atoms. The molecule has 0 bridgehead atoms. The van der Waals surface area contributed by atoms with E-state index in [0.29, 0.717) is 16.8 Å². The van der Waals surface area contributed by atoms with Crippen molar-refractivity contribution in [3.05, 3.63) is 58.7 Å². The molecule has 3 N–H and O–H groups in total. The van der Waals surface area contributed by atoms with Gasteiger partial charge in [-0.2, -0.15) is 0 Å². The van der Waals surface area contributed by atoms with Gasteiger partial charge in [0.05, 0.1) is 4.90 Å². The SMILES string of the molecule is CC(=O)Nc1ccc(C(=O)NCCNS(=O)(=O)c2cc(C)c(C)cc2C)cc1. The summed E-state index contributed by atoms with van der Waals surface area (Å²) in [5.74, 6) is -0.514. The van der Waals surface area contributed by atoms with E-state index in [2.05, 4.69) is 15.4 Å². The van der Waals surface area contributed by atoms with Crippen molar-refractivity contribution in [3.8, 4) is 0 Å². The first-order valence-corrected chi connectivity index (χ1v) is 10.3. The molecule has 0 radical (unpaired) electrons. The molecule has 0 aliphatic heterocycles. The number of carbonyl (C=O) groups excluding carboxylic acids is 2. The maximum Gasteiger partial charge on any atom is 0.251 e. The van der Waals surface area contributed by atoms with Crippen LogP contribution in [-0.2, 0) is 14.8 Å². The van der Waals surface area contributed by atoms with Crippen LogP contribution < -0.4 is 15.4 Å². The van der Waals surface area contributed by atoms with Crippen LogP contribution in [0.2, 0.25) is 0 Å². The first-order valence-electron chi connectivity index (χ1n) is 8.83. The quantitative estimate of drug-likeness (QED) is 0.617. The number of rotatable bonds is 7. The third kappa shape index (κ3) is 5.64. The van der Waals surface area contributed by atoms with Gasteiger partial charge >= 0.3 is 0 Å². The molecule has 0 fully saturated rings. The highest BCUT2D eigenvalue weighted by atomic mass is 32.2. The summed E-state index contributed by atoms with van der Waals surface area (Å²) in [5.41, 5.74) is 3.64. The number of sulfonamides is 1. The molecule has 0 aromatic heterocycles. The van der Waals surface area contributed by atoms with E-state index in [1.807, 2.05) is 19.9 Å². The van der Waals surface area contributed by atoms with Crippen LogP contribution >= 0.6 is 0 Å². The Bertz CT molecular complexity index is 983. The number of anilines is 1. The molecule has 2 aromatic rings. The summed E-state index contributed by atoms with van der Waals surface area (Å²) in [6.45, 7) is 7.18. The van der Waals surface area contributed by atoms with Crippen LogP contribution in [0.3, 0.4) is 0 Å². The molecule has 0 aliphatic rings. The van der Waals surface area contributed by atoms with Crippen molar-refractivity contribution in [2.45, 2.75) is 32.6 Å². The molecule has 0 saturated carbocycles. The second-order valence-corrected chi connectivity index (χ2v) is 8.35. The molecule has 2 aromatic carbocycles. The fraction of sp³-hybridized carbons (Fsp3) is 0.300. The summed E-state index contributed by atoms with van der Waals surface area (Å²) < 4.78 is 27.5. The molecule has 8 heteroatoms. The lowest BCUT2D eigenvalue weighted by molar-refractivity contribution is -0.114. The second kappa shape index (κ2) is 8.99. The van der Waals surface area contributed by atoms with Crippen LogP contribution in [-0.4, -0.2) is 33.3 Å². The molecule has 7 nitrogen and oxygen atoms in total.